The molecule has 12 nitrogen and oxygen atoms in total. The summed E-state index contributed by atoms with van der Waals surface area (Å²) in [5, 5.41) is 22.8. The van der Waals surface area contributed by atoms with Gasteiger partial charge in [0.1, 0.15) is 22.9 Å². The summed E-state index contributed by atoms with van der Waals surface area (Å²) in [6, 6.07) is 4.22. The molecule has 0 saturated heterocycles. The lowest BCUT2D eigenvalue weighted by molar-refractivity contribution is -0.137. The smallest absolute Gasteiger partial charge is 0.419 e. The second-order valence-electron chi connectivity index (χ2n) is 12.7. The van der Waals surface area contributed by atoms with Crippen LogP contribution in [0, 0.1) is 17.1 Å². The molecule has 5 rings (SSSR count). The first-order valence-electron chi connectivity index (χ1n) is 14.5. The highest BCUT2D eigenvalue weighted by Crippen LogP contribution is 2.45. The van der Waals surface area contributed by atoms with Gasteiger partial charge in [-0.25, -0.2) is 27.6 Å². The van der Waals surface area contributed by atoms with Crippen LogP contribution in [0.4, 0.5) is 36.8 Å². The van der Waals surface area contributed by atoms with Gasteiger partial charge in [0.25, 0.3) is 11.8 Å². The molecule has 1 unspecified atom stereocenters. The van der Waals surface area contributed by atoms with Crippen molar-refractivity contribution in [2.75, 3.05) is 4.90 Å². The van der Waals surface area contributed by atoms with Gasteiger partial charge in [-0.2, -0.15) is 23.5 Å². The Hall–Kier alpha value is -5.47. The number of nitriles is 1. The third-order valence-electron chi connectivity index (χ3n) is 7.25. The predicted molar refractivity (Wildman–Crippen MR) is 158 cm³/mol. The minimum absolute atomic E-state index is 0.0188. The fraction of sp³-hybridized carbons (Fsp3) is 0.387. The lowest BCUT2D eigenvalue weighted by atomic mass is 9.96. The molecule has 4 aromatic rings. The van der Waals surface area contributed by atoms with E-state index < -0.39 is 88.2 Å². The lowest BCUT2D eigenvalue weighted by Crippen LogP contribution is -2.49. The molecule has 0 saturated carbocycles. The lowest BCUT2D eigenvalue weighted by Gasteiger charge is -2.27. The van der Waals surface area contributed by atoms with Crippen molar-refractivity contribution < 1.29 is 45.1 Å². The van der Waals surface area contributed by atoms with E-state index in [0.717, 1.165) is 21.8 Å². The molecule has 4 heterocycles. The van der Waals surface area contributed by atoms with Gasteiger partial charge < -0.3 is 19.4 Å². The molecule has 1 aliphatic heterocycles. The van der Waals surface area contributed by atoms with Crippen LogP contribution in [0.5, 0.6) is 0 Å². The van der Waals surface area contributed by atoms with E-state index in [1.165, 1.54) is 52.9 Å². The molecule has 49 heavy (non-hydrogen) atoms. The van der Waals surface area contributed by atoms with Gasteiger partial charge in [0, 0.05) is 24.4 Å². The quantitative estimate of drug-likeness (QED) is 0.233. The van der Waals surface area contributed by atoms with Crippen molar-refractivity contribution in [2.45, 2.75) is 76.7 Å². The average molecular weight is 691 g/mol. The summed E-state index contributed by atoms with van der Waals surface area (Å²) >= 11 is 0. The summed E-state index contributed by atoms with van der Waals surface area (Å²) in [7, 11) is 0. The number of hydrogen-bond acceptors (Lipinski definition) is 9. The number of nitrogens with zero attached hydrogens (tertiary/aromatic N) is 7. The van der Waals surface area contributed by atoms with Gasteiger partial charge in [-0.3, -0.25) is 4.79 Å². The van der Waals surface area contributed by atoms with Crippen LogP contribution in [-0.4, -0.2) is 48.6 Å². The van der Waals surface area contributed by atoms with E-state index >= 15 is 13.2 Å². The van der Waals surface area contributed by atoms with Gasteiger partial charge >= 0.3 is 12.3 Å². The molecule has 0 bridgehead atoms. The number of rotatable bonds is 6. The predicted octanol–water partition coefficient (Wildman–Crippen LogP) is 6.20. The molecule has 3 aromatic heterocycles. The topological polar surface area (TPSA) is 152 Å². The van der Waals surface area contributed by atoms with Gasteiger partial charge in [0.2, 0.25) is 11.8 Å². The number of ether oxygens (including phenoxy) is 1. The van der Waals surface area contributed by atoms with E-state index in [2.05, 4.69) is 25.6 Å². The van der Waals surface area contributed by atoms with E-state index in [9.17, 15) is 28.0 Å². The summed E-state index contributed by atoms with van der Waals surface area (Å²) < 4.78 is 98.1. The van der Waals surface area contributed by atoms with Crippen LogP contribution in [0.2, 0.25) is 0 Å². The Balaban J connectivity index is 1.58. The molecule has 0 spiro atoms. The number of alkyl halides is 5. The number of alkyl carbamates (subject to hydrolysis) is 1. The number of amides is 2. The second-order valence-corrected chi connectivity index (χ2v) is 12.7. The Morgan fingerprint density at radius 1 is 1.14 bits per heavy atom. The van der Waals surface area contributed by atoms with Crippen LogP contribution >= 0.6 is 0 Å². The molecular weight excluding hydrogens is 662 g/mol. The zero-order chi connectivity index (χ0) is 36.1. The number of fused-ring (bicyclic) bond motifs is 1. The molecule has 1 aromatic carbocycles. The summed E-state index contributed by atoms with van der Waals surface area (Å²) in [5.41, 5.74) is -4.92. The third-order valence-corrected chi connectivity index (χ3v) is 7.25. The van der Waals surface area contributed by atoms with Crippen molar-refractivity contribution in [3.05, 3.63) is 71.3 Å². The minimum Gasteiger partial charge on any atom is -0.444 e. The fourth-order valence-corrected chi connectivity index (χ4v) is 4.78. The largest absolute Gasteiger partial charge is 0.444 e. The van der Waals surface area contributed by atoms with Crippen LogP contribution in [-0.2, 0) is 33.6 Å². The zero-order valence-corrected chi connectivity index (χ0v) is 26.6. The monoisotopic (exact) mass is 690 g/mol. The summed E-state index contributed by atoms with van der Waals surface area (Å²) in [4.78, 5) is 31.6. The highest BCUT2D eigenvalue weighted by atomic mass is 19.4. The molecule has 1 aliphatic rings. The van der Waals surface area contributed by atoms with Gasteiger partial charge in [-0.15, -0.1) is 10.2 Å². The number of halogens is 6. The first-order chi connectivity index (χ1) is 22.7. The van der Waals surface area contributed by atoms with Gasteiger partial charge in [0.15, 0.2) is 5.82 Å². The zero-order valence-electron chi connectivity index (χ0n) is 26.6. The Morgan fingerprint density at radius 3 is 2.45 bits per heavy atom. The van der Waals surface area contributed by atoms with Crippen molar-refractivity contribution in [3.63, 3.8) is 0 Å². The molecule has 1 atom stereocenters. The number of anilines is 1. The van der Waals surface area contributed by atoms with E-state index in [1.807, 2.05) is 6.07 Å². The highest BCUT2D eigenvalue weighted by molar-refractivity contribution is 6.00. The molecular formula is C31H28F6N8O4. The van der Waals surface area contributed by atoms with Crippen LogP contribution in [0.25, 0.3) is 17.3 Å². The van der Waals surface area contributed by atoms with Crippen molar-refractivity contribution in [2.24, 2.45) is 0 Å². The SMILES string of the molecule is CC(C)(C)OC(=O)NC1CC(F)(F)c2cc(F)c(-c3nnc(C(C)(C)C#N)o3)cc2N(Cc2ccc(-n3cc(C(F)(F)F)cn3)nc2)C1=O. The van der Waals surface area contributed by atoms with Crippen molar-refractivity contribution >= 4 is 17.7 Å². The second kappa shape index (κ2) is 12.2. The molecule has 18 heteroatoms. The summed E-state index contributed by atoms with van der Waals surface area (Å²) in [6.07, 6.45) is -4.52. The molecule has 1 N–H and O–H groups in total. The van der Waals surface area contributed by atoms with Crippen molar-refractivity contribution in [3.8, 4) is 23.3 Å². The molecule has 258 valence electrons. The first kappa shape index (κ1) is 34.9. The third kappa shape index (κ3) is 7.34. The van der Waals surface area contributed by atoms with Crippen LogP contribution in [0.3, 0.4) is 0 Å². The Kier molecular flexibility index (Phi) is 8.68. The normalized spacial score (nSPS) is 16.5. The number of carbonyl (C=O) groups is 2. The van der Waals surface area contributed by atoms with Crippen LogP contribution < -0.4 is 10.2 Å². The number of benzene rings is 1. The molecule has 0 radical (unpaired) electrons. The van der Waals surface area contributed by atoms with E-state index in [0.29, 0.717) is 12.3 Å². The van der Waals surface area contributed by atoms with E-state index in [-0.39, 0.29) is 17.3 Å². The van der Waals surface area contributed by atoms with Gasteiger partial charge in [-0.1, -0.05) is 6.07 Å². The Morgan fingerprint density at radius 2 is 1.86 bits per heavy atom. The van der Waals surface area contributed by atoms with Crippen molar-refractivity contribution in [1.29, 1.82) is 5.26 Å². The molecule has 0 aliphatic carbocycles. The average Bonchev–Trinajstić information content (AvgIpc) is 3.69. The van der Waals surface area contributed by atoms with E-state index in [4.69, 9.17) is 9.15 Å². The van der Waals surface area contributed by atoms with Gasteiger partial charge in [-0.05, 0) is 58.4 Å². The van der Waals surface area contributed by atoms with Crippen LogP contribution in [0.1, 0.15) is 63.6 Å². The van der Waals surface area contributed by atoms with Crippen molar-refractivity contribution in [1.82, 2.24) is 30.3 Å². The number of carbonyl (C=O) groups excluding carboxylic acids is 2. The minimum atomic E-state index is -4.64. The summed E-state index contributed by atoms with van der Waals surface area (Å²) in [6.45, 7) is 7.08. The maximum absolute atomic E-state index is 15.9. The highest BCUT2D eigenvalue weighted by Gasteiger charge is 2.47. The standard InChI is InChI=1S/C31H28F6N8O4/c1-28(2,3)49-27(47)41-21-10-30(33,34)19-9-20(32)18(24-42-43-26(48-24)29(4,5)15-38)8-22(19)44(25(21)46)13-16-6-7-23(39-11-16)45-14-17(12-40-45)31(35,36)37/h6-9,11-12,14,21H,10,13H2,1-5H3,(H,41,47). The van der Waals surface area contributed by atoms with Crippen LogP contribution in [0.15, 0.2) is 47.3 Å². The maximum Gasteiger partial charge on any atom is 0.419 e. The maximum atomic E-state index is 15.9. The number of nitrogens with one attached hydrogen (secondary N) is 1. The fourth-order valence-electron chi connectivity index (χ4n) is 4.78. The number of aromatic nitrogens is 5. The Labute approximate surface area is 274 Å². The molecule has 0 fully saturated rings. The Bertz CT molecular complexity index is 1940. The first-order valence-corrected chi connectivity index (χ1v) is 14.5. The van der Waals surface area contributed by atoms with Gasteiger partial charge in [0.05, 0.1) is 35.6 Å². The molecule has 2 amide bonds. The van der Waals surface area contributed by atoms with E-state index in [1.54, 1.807) is 0 Å². The summed E-state index contributed by atoms with van der Waals surface area (Å²) in [5.74, 6) is -6.74. The number of hydrogen-bond donors (Lipinski definition) is 1. The number of pyridine rings is 1.